The molecule has 0 spiro atoms. The summed E-state index contributed by atoms with van der Waals surface area (Å²) in [5.74, 6) is 0.858. The summed E-state index contributed by atoms with van der Waals surface area (Å²) < 4.78 is 25.1. The third kappa shape index (κ3) is 7.96. The van der Waals surface area contributed by atoms with Gasteiger partial charge in [0.1, 0.15) is 30.4 Å². The molecule has 8 nitrogen and oxygen atoms in total. The number of nitro benzene ring substituents is 1. The van der Waals surface area contributed by atoms with Crippen molar-refractivity contribution >= 4 is 42.8 Å². The Bertz CT molecular complexity index is 814. The van der Waals surface area contributed by atoms with Crippen molar-refractivity contribution in [1.29, 1.82) is 0 Å². The van der Waals surface area contributed by atoms with E-state index in [9.17, 15) is 14.7 Å². The molecular weight excluding hydrogens is 430 g/mol. The first-order chi connectivity index (χ1) is 13.3. The summed E-state index contributed by atoms with van der Waals surface area (Å²) in [6, 6.07) is 9.24. The van der Waals surface area contributed by atoms with E-state index in [0.29, 0.717) is 40.4 Å². The van der Waals surface area contributed by atoms with Crippen molar-refractivity contribution in [2.45, 2.75) is 13.8 Å². The normalized spacial score (nSPS) is 9.89. The molecular formula is C17H20Cl2N2O6P+. The SMILES string of the molecule is CCO[P+](=O)OCC.CNc1cc(Oc2ccc(Cl)cc2Cl)ccc1[N+](=O)[O-]. The molecule has 0 unspecified atom stereocenters. The Morgan fingerprint density at radius 3 is 2.25 bits per heavy atom. The van der Waals surface area contributed by atoms with E-state index in [2.05, 4.69) is 14.4 Å². The molecule has 11 heteroatoms. The molecule has 152 valence electrons. The van der Waals surface area contributed by atoms with Crippen LogP contribution in [-0.4, -0.2) is 25.2 Å². The van der Waals surface area contributed by atoms with Crippen molar-refractivity contribution in [2.75, 3.05) is 25.6 Å². The van der Waals surface area contributed by atoms with Crippen LogP contribution in [0.5, 0.6) is 11.5 Å². The molecule has 0 fully saturated rings. The van der Waals surface area contributed by atoms with Crippen LogP contribution in [-0.2, 0) is 13.6 Å². The van der Waals surface area contributed by atoms with E-state index < -0.39 is 13.2 Å². The third-order valence-corrected chi connectivity index (χ3v) is 4.49. The smallest absolute Gasteiger partial charge is 0.456 e. The highest BCUT2D eigenvalue weighted by atomic mass is 35.5. The first-order valence-electron chi connectivity index (χ1n) is 8.14. The van der Waals surface area contributed by atoms with Gasteiger partial charge in [-0.2, -0.15) is 0 Å². The lowest BCUT2D eigenvalue weighted by molar-refractivity contribution is -0.384. The Balaban J connectivity index is 0.000000416. The van der Waals surface area contributed by atoms with Gasteiger partial charge in [0.2, 0.25) is 0 Å². The lowest BCUT2D eigenvalue weighted by Crippen LogP contribution is -1.97. The number of nitrogens with one attached hydrogen (secondary N) is 1. The van der Waals surface area contributed by atoms with Gasteiger partial charge < -0.3 is 10.1 Å². The Morgan fingerprint density at radius 1 is 1.11 bits per heavy atom. The van der Waals surface area contributed by atoms with E-state index in [-0.39, 0.29) is 5.69 Å². The highest BCUT2D eigenvalue weighted by molar-refractivity contribution is 7.33. The molecule has 0 atom stereocenters. The predicted molar refractivity (Wildman–Crippen MR) is 110 cm³/mol. The zero-order valence-corrected chi connectivity index (χ0v) is 17.9. The molecule has 0 saturated heterocycles. The summed E-state index contributed by atoms with van der Waals surface area (Å²) in [4.78, 5) is 10.4. The first kappa shape index (κ1) is 24.1. The topological polar surface area (TPSA) is 99.9 Å². The maximum atomic E-state index is 10.8. The fourth-order valence-corrected chi connectivity index (χ4v) is 2.81. The molecule has 0 amide bonds. The van der Waals surface area contributed by atoms with Crippen LogP contribution in [0, 0.1) is 10.1 Å². The van der Waals surface area contributed by atoms with Gasteiger partial charge in [-0.15, -0.1) is 9.05 Å². The largest absolute Gasteiger partial charge is 0.697 e. The van der Waals surface area contributed by atoms with E-state index >= 15 is 0 Å². The molecule has 1 N–H and O–H groups in total. The molecule has 2 aromatic rings. The van der Waals surface area contributed by atoms with Crippen LogP contribution in [0.15, 0.2) is 36.4 Å². The van der Waals surface area contributed by atoms with E-state index in [0.717, 1.165) is 0 Å². The Labute approximate surface area is 173 Å². The molecule has 0 aliphatic carbocycles. The molecule has 0 saturated carbocycles. The highest BCUT2D eigenvalue weighted by Gasteiger charge is 2.16. The summed E-state index contributed by atoms with van der Waals surface area (Å²) in [7, 11) is -0.232. The van der Waals surface area contributed by atoms with Crippen LogP contribution >= 0.6 is 31.5 Å². The summed E-state index contributed by atoms with van der Waals surface area (Å²) >= 11 is 11.8. The number of nitrogens with zero attached hydrogens (tertiary/aromatic N) is 1. The standard InChI is InChI=1S/C13H10Cl2N2O3.C4H10O3P/c1-16-11-7-9(3-4-12(11)17(18)19)20-13-5-2-8(14)6-10(13)15;1-3-6-8(5)7-4-2/h2-7,16H,1H3;3-4H2,1-2H3/q;+1. The Morgan fingerprint density at radius 2 is 1.75 bits per heavy atom. The lowest BCUT2D eigenvalue weighted by Gasteiger charge is -2.09. The van der Waals surface area contributed by atoms with Gasteiger partial charge >= 0.3 is 8.25 Å². The monoisotopic (exact) mass is 449 g/mol. The number of hydrogen-bond acceptors (Lipinski definition) is 7. The van der Waals surface area contributed by atoms with Gasteiger partial charge in [-0.05, 0) is 38.1 Å². The van der Waals surface area contributed by atoms with Crippen LogP contribution in [0.3, 0.4) is 0 Å². The van der Waals surface area contributed by atoms with Gasteiger partial charge in [-0.3, -0.25) is 10.1 Å². The maximum Gasteiger partial charge on any atom is 0.697 e. The summed E-state index contributed by atoms with van der Waals surface area (Å²) in [5, 5.41) is 14.4. The van der Waals surface area contributed by atoms with Crippen molar-refractivity contribution in [3.05, 3.63) is 56.6 Å². The van der Waals surface area contributed by atoms with E-state index in [1.165, 1.54) is 18.2 Å². The number of ether oxygens (including phenoxy) is 1. The summed E-state index contributed by atoms with van der Waals surface area (Å²) in [5.41, 5.74) is 0.333. The minimum Gasteiger partial charge on any atom is -0.456 e. The average Bonchev–Trinajstić information content (AvgIpc) is 2.64. The fourth-order valence-electron chi connectivity index (χ4n) is 1.87. The number of nitro groups is 1. The number of rotatable bonds is 8. The van der Waals surface area contributed by atoms with Crippen LogP contribution in [0.25, 0.3) is 0 Å². The maximum absolute atomic E-state index is 10.8. The minimum atomic E-state index is -1.83. The van der Waals surface area contributed by atoms with Gasteiger partial charge in [0.05, 0.1) is 9.95 Å². The highest BCUT2D eigenvalue weighted by Crippen LogP contribution is 2.34. The quantitative estimate of drug-likeness (QED) is 0.280. The van der Waals surface area contributed by atoms with Crippen LogP contribution in [0.1, 0.15) is 13.8 Å². The second-order valence-electron chi connectivity index (χ2n) is 4.92. The molecule has 0 radical (unpaired) electrons. The molecule has 28 heavy (non-hydrogen) atoms. The van der Waals surface area contributed by atoms with E-state index in [4.69, 9.17) is 27.9 Å². The zero-order chi connectivity index (χ0) is 21.1. The number of anilines is 1. The van der Waals surface area contributed by atoms with Crippen molar-refractivity contribution in [1.82, 2.24) is 0 Å². The molecule has 0 heterocycles. The summed E-state index contributed by atoms with van der Waals surface area (Å²) in [6.07, 6.45) is 0. The van der Waals surface area contributed by atoms with Gasteiger partial charge in [0.15, 0.2) is 0 Å². The zero-order valence-electron chi connectivity index (χ0n) is 15.5. The van der Waals surface area contributed by atoms with Crippen molar-refractivity contribution in [3.8, 4) is 11.5 Å². The lowest BCUT2D eigenvalue weighted by atomic mass is 10.2. The number of halogens is 2. The molecule has 0 aliphatic heterocycles. The van der Waals surface area contributed by atoms with Crippen LogP contribution in [0.4, 0.5) is 11.4 Å². The number of hydrogen-bond donors (Lipinski definition) is 1. The van der Waals surface area contributed by atoms with Crippen molar-refractivity contribution in [3.63, 3.8) is 0 Å². The molecule has 0 aliphatic rings. The first-order valence-corrected chi connectivity index (χ1v) is 9.99. The van der Waals surface area contributed by atoms with Crippen molar-refractivity contribution < 1.29 is 23.3 Å². The second kappa shape index (κ2) is 12.5. The van der Waals surface area contributed by atoms with Crippen LogP contribution in [0.2, 0.25) is 10.0 Å². The van der Waals surface area contributed by atoms with Crippen molar-refractivity contribution in [2.24, 2.45) is 0 Å². The summed E-state index contributed by atoms with van der Waals surface area (Å²) in [6.45, 7) is 4.42. The minimum absolute atomic E-state index is 0.0259. The van der Waals surface area contributed by atoms with E-state index in [1.54, 1.807) is 39.1 Å². The van der Waals surface area contributed by atoms with Crippen LogP contribution < -0.4 is 10.1 Å². The van der Waals surface area contributed by atoms with E-state index in [1.807, 2.05) is 0 Å². The van der Waals surface area contributed by atoms with Gasteiger partial charge in [0, 0.05) is 28.8 Å². The average molecular weight is 450 g/mol. The second-order valence-corrected chi connectivity index (χ2v) is 6.73. The predicted octanol–water partition coefficient (Wildman–Crippen LogP) is 6.45. The Hall–Kier alpha value is -1.96. The molecule has 2 aromatic carbocycles. The molecule has 2 rings (SSSR count). The third-order valence-electron chi connectivity index (χ3n) is 3.02. The molecule has 0 aromatic heterocycles. The fraction of sp³-hybridized carbons (Fsp3) is 0.294. The van der Waals surface area contributed by atoms with Gasteiger partial charge in [0.25, 0.3) is 5.69 Å². The number of benzene rings is 2. The molecule has 0 bridgehead atoms. The van der Waals surface area contributed by atoms with Gasteiger partial charge in [-0.1, -0.05) is 23.2 Å². The van der Waals surface area contributed by atoms with Gasteiger partial charge in [-0.25, -0.2) is 0 Å². The Kier molecular flexibility index (Phi) is 10.7.